The van der Waals surface area contributed by atoms with E-state index in [-0.39, 0.29) is 0 Å². The van der Waals surface area contributed by atoms with E-state index in [0.29, 0.717) is 28.7 Å². The van der Waals surface area contributed by atoms with Crippen molar-refractivity contribution in [2.75, 3.05) is 35.5 Å². The summed E-state index contributed by atoms with van der Waals surface area (Å²) in [6.45, 7) is 1.96. The van der Waals surface area contributed by atoms with Crippen LogP contribution in [0.15, 0.2) is 30.3 Å². The molecule has 0 aliphatic heterocycles. The van der Waals surface area contributed by atoms with Gasteiger partial charge >= 0.3 is 0 Å². The van der Waals surface area contributed by atoms with Crippen molar-refractivity contribution < 1.29 is 23.7 Å². The summed E-state index contributed by atoms with van der Waals surface area (Å²) in [6, 6.07) is 9.68. The van der Waals surface area contributed by atoms with Gasteiger partial charge in [-0.2, -0.15) is 0 Å². The van der Waals surface area contributed by atoms with E-state index in [2.05, 4.69) is 4.98 Å². The number of fused-ring (bicyclic) bond motifs is 1. The Kier molecular flexibility index (Phi) is 5.26. The molecule has 3 rings (SSSR count). The molecule has 0 radical (unpaired) electrons. The molecule has 6 heteroatoms. The Balaban J connectivity index is 2.34. The smallest absolute Gasteiger partial charge is 0.203 e. The van der Waals surface area contributed by atoms with Crippen LogP contribution in [0.5, 0.6) is 28.7 Å². The van der Waals surface area contributed by atoms with E-state index in [1.54, 1.807) is 35.5 Å². The minimum atomic E-state index is 0.554. The first-order valence-corrected chi connectivity index (χ1v) is 8.40. The van der Waals surface area contributed by atoms with E-state index >= 15 is 0 Å². The molecule has 0 bridgehead atoms. The average molecular weight is 369 g/mol. The number of hydrogen-bond acceptors (Lipinski definition) is 6. The van der Waals surface area contributed by atoms with Gasteiger partial charge in [0.05, 0.1) is 41.1 Å². The molecule has 0 spiro atoms. The summed E-state index contributed by atoms with van der Waals surface area (Å²) in [6.07, 6.45) is 0. The molecule has 1 aromatic heterocycles. The topological polar surface area (TPSA) is 59.0 Å². The van der Waals surface area contributed by atoms with Gasteiger partial charge < -0.3 is 23.7 Å². The van der Waals surface area contributed by atoms with Crippen molar-refractivity contribution in [2.24, 2.45) is 0 Å². The number of rotatable bonds is 6. The van der Waals surface area contributed by atoms with Crippen molar-refractivity contribution in [2.45, 2.75) is 6.92 Å². The molecular formula is C21H23NO5. The molecule has 0 atom stereocenters. The molecule has 6 nitrogen and oxygen atoms in total. The predicted molar refractivity (Wildman–Crippen MR) is 105 cm³/mol. The van der Waals surface area contributed by atoms with Crippen LogP contribution in [0.4, 0.5) is 0 Å². The predicted octanol–water partition coefficient (Wildman–Crippen LogP) is 4.25. The number of aromatic nitrogens is 1. The van der Waals surface area contributed by atoms with Gasteiger partial charge in [-0.15, -0.1) is 0 Å². The number of nitrogens with zero attached hydrogens (tertiary/aromatic N) is 1. The number of pyridine rings is 1. The maximum atomic E-state index is 5.50. The average Bonchev–Trinajstić information content (AvgIpc) is 2.70. The van der Waals surface area contributed by atoms with E-state index < -0.39 is 0 Å². The van der Waals surface area contributed by atoms with Gasteiger partial charge in [-0.05, 0) is 42.3 Å². The molecular weight excluding hydrogens is 346 g/mol. The van der Waals surface area contributed by atoms with Crippen LogP contribution in [0.2, 0.25) is 0 Å². The minimum absolute atomic E-state index is 0.554. The second kappa shape index (κ2) is 7.61. The Bertz CT molecular complexity index is 959. The lowest BCUT2D eigenvalue weighted by molar-refractivity contribution is 0.324. The minimum Gasteiger partial charge on any atom is -0.493 e. The third-order valence-corrected chi connectivity index (χ3v) is 4.42. The highest BCUT2D eigenvalue weighted by atomic mass is 16.5. The Morgan fingerprint density at radius 1 is 0.630 bits per heavy atom. The highest BCUT2D eigenvalue weighted by Gasteiger charge is 2.17. The third-order valence-electron chi connectivity index (χ3n) is 4.42. The van der Waals surface area contributed by atoms with Crippen LogP contribution < -0.4 is 23.7 Å². The summed E-state index contributed by atoms with van der Waals surface area (Å²) >= 11 is 0. The summed E-state index contributed by atoms with van der Waals surface area (Å²) in [5.41, 5.74) is 3.61. The van der Waals surface area contributed by atoms with E-state index in [1.165, 1.54) is 0 Å². The van der Waals surface area contributed by atoms with Crippen molar-refractivity contribution in [3.63, 3.8) is 0 Å². The molecule has 0 unspecified atom stereocenters. The lowest BCUT2D eigenvalue weighted by Crippen LogP contribution is -1.97. The molecule has 0 fully saturated rings. The zero-order valence-electron chi connectivity index (χ0n) is 16.4. The van der Waals surface area contributed by atoms with Crippen molar-refractivity contribution in [1.82, 2.24) is 4.98 Å². The molecule has 27 heavy (non-hydrogen) atoms. The third kappa shape index (κ3) is 3.30. The van der Waals surface area contributed by atoms with Crippen LogP contribution in [0.1, 0.15) is 5.69 Å². The molecule has 0 aliphatic carbocycles. The molecule has 0 amide bonds. The van der Waals surface area contributed by atoms with Crippen molar-refractivity contribution in [3.8, 4) is 39.9 Å². The van der Waals surface area contributed by atoms with Gasteiger partial charge in [-0.1, -0.05) is 0 Å². The largest absolute Gasteiger partial charge is 0.493 e. The molecule has 2 aromatic carbocycles. The van der Waals surface area contributed by atoms with Crippen LogP contribution in [0.25, 0.3) is 22.0 Å². The second-order valence-electron chi connectivity index (χ2n) is 5.95. The maximum absolute atomic E-state index is 5.50. The summed E-state index contributed by atoms with van der Waals surface area (Å²) in [7, 11) is 8.02. The van der Waals surface area contributed by atoms with E-state index in [1.807, 2.05) is 37.3 Å². The van der Waals surface area contributed by atoms with Gasteiger partial charge in [0, 0.05) is 17.1 Å². The molecule has 0 saturated carbocycles. The zero-order valence-corrected chi connectivity index (χ0v) is 16.4. The van der Waals surface area contributed by atoms with Crippen molar-refractivity contribution in [1.29, 1.82) is 0 Å². The van der Waals surface area contributed by atoms with E-state index in [4.69, 9.17) is 23.7 Å². The fourth-order valence-corrected chi connectivity index (χ4v) is 3.16. The monoisotopic (exact) mass is 369 g/mol. The van der Waals surface area contributed by atoms with Gasteiger partial charge in [0.1, 0.15) is 0 Å². The van der Waals surface area contributed by atoms with Crippen LogP contribution in [-0.2, 0) is 0 Å². The van der Waals surface area contributed by atoms with E-state index in [0.717, 1.165) is 27.7 Å². The summed E-state index contributed by atoms with van der Waals surface area (Å²) in [5, 5.41) is 0.938. The van der Waals surface area contributed by atoms with E-state index in [9.17, 15) is 0 Å². The molecule has 142 valence electrons. The van der Waals surface area contributed by atoms with Crippen molar-refractivity contribution in [3.05, 3.63) is 36.0 Å². The second-order valence-corrected chi connectivity index (χ2v) is 5.95. The van der Waals surface area contributed by atoms with Gasteiger partial charge in [0.2, 0.25) is 5.75 Å². The standard InChI is InChI=1S/C21H23NO5/c1-12-7-14(13-8-19(25-4)21(27-6)20(9-13)26-5)15-10-17(23-2)18(24-3)11-16(15)22-12/h7-11H,1-6H3. The molecule has 1 heterocycles. The normalized spacial score (nSPS) is 10.6. The maximum Gasteiger partial charge on any atom is 0.203 e. The Labute approximate surface area is 158 Å². The van der Waals surface area contributed by atoms with Crippen LogP contribution in [0.3, 0.4) is 0 Å². The zero-order chi connectivity index (χ0) is 19.6. The van der Waals surface area contributed by atoms with Gasteiger partial charge in [-0.25, -0.2) is 0 Å². The highest BCUT2D eigenvalue weighted by molar-refractivity contribution is 5.97. The Morgan fingerprint density at radius 3 is 1.70 bits per heavy atom. The summed E-state index contributed by atoms with van der Waals surface area (Å²) < 4.78 is 27.3. The SMILES string of the molecule is COc1cc2nc(C)cc(-c3cc(OC)c(OC)c(OC)c3)c2cc1OC. The molecule has 0 N–H and O–H groups in total. The first-order chi connectivity index (χ1) is 13.1. The molecule has 0 aliphatic rings. The quantitative estimate of drug-likeness (QED) is 0.647. The van der Waals surface area contributed by atoms with Gasteiger partial charge in [0.15, 0.2) is 23.0 Å². The van der Waals surface area contributed by atoms with Crippen LogP contribution in [-0.4, -0.2) is 40.5 Å². The molecule has 0 saturated heterocycles. The van der Waals surface area contributed by atoms with Crippen LogP contribution >= 0.6 is 0 Å². The summed E-state index contributed by atoms with van der Waals surface area (Å²) in [5.74, 6) is 3.02. The fraction of sp³-hybridized carbons (Fsp3) is 0.286. The highest BCUT2D eigenvalue weighted by Crippen LogP contribution is 2.43. The summed E-state index contributed by atoms with van der Waals surface area (Å²) in [4.78, 5) is 4.64. The number of hydrogen-bond donors (Lipinski definition) is 0. The number of benzene rings is 2. The first-order valence-electron chi connectivity index (χ1n) is 8.40. The van der Waals surface area contributed by atoms with Gasteiger partial charge in [0.25, 0.3) is 0 Å². The van der Waals surface area contributed by atoms with Crippen LogP contribution in [0, 0.1) is 6.92 Å². The number of ether oxygens (including phenoxy) is 5. The molecule has 3 aromatic rings. The fourth-order valence-electron chi connectivity index (χ4n) is 3.16. The number of methoxy groups -OCH3 is 5. The Hall–Kier alpha value is -3.15. The Morgan fingerprint density at radius 2 is 1.19 bits per heavy atom. The van der Waals surface area contributed by atoms with Crippen molar-refractivity contribution >= 4 is 10.9 Å². The first kappa shape index (κ1) is 18.6. The lowest BCUT2D eigenvalue weighted by atomic mass is 9.99. The van der Waals surface area contributed by atoms with Gasteiger partial charge in [-0.3, -0.25) is 4.98 Å². The number of aryl methyl sites for hydroxylation is 1. The lowest BCUT2D eigenvalue weighted by Gasteiger charge is -2.16.